The van der Waals surface area contributed by atoms with E-state index < -0.39 is 0 Å². The van der Waals surface area contributed by atoms with Crippen LogP contribution in [0.15, 0.2) is 35.9 Å². The molecule has 1 fully saturated rings. The zero-order valence-electron chi connectivity index (χ0n) is 11.2. The number of ether oxygens (including phenoxy) is 1. The molecule has 2 N–H and O–H groups in total. The molecule has 0 amide bonds. The first kappa shape index (κ1) is 12.7. The van der Waals surface area contributed by atoms with Gasteiger partial charge in [0.05, 0.1) is 19.3 Å². The molecule has 0 radical (unpaired) electrons. The Hall–Kier alpha value is -1.32. The molecule has 0 aromatic heterocycles. The van der Waals surface area contributed by atoms with Crippen molar-refractivity contribution in [3.8, 4) is 5.75 Å². The summed E-state index contributed by atoms with van der Waals surface area (Å²) in [6.45, 7) is 2.94. The van der Waals surface area contributed by atoms with Gasteiger partial charge in [-0.25, -0.2) is 0 Å². The van der Waals surface area contributed by atoms with Crippen LogP contribution in [-0.4, -0.2) is 23.4 Å². The second-order valence-electron chi connectivity index (χ2n) is 5.94. The molecule has 0 saturated carbocycles. The first-order chi connectivity index (χ1) is 9.13. The Morgan fingerprint density at radius 1 is 1.32 bits per heavy atom. The van der Waals surface area contributed by atoms with E-state index in [0.29, 0.717) is 12.5 Å². The molecule has 1 heterocycles. The number of phenols is 1. The highest BCUT2D eigenvalue weighted by atomic mass is 16.5. The van der Waals surface area contributed by atoms with E-state index in [2.05, 4.69) is 13.0 Å². The van der Waals surface area contributed by atoms with Gasteiger partial charge in [0.1, 0.15) is 5.75 Å². The van der Waals surface area contributed by atoms with Crippen molar-refractivity contribution in [1.82, 2.24) is 0 Å². The molecule has 1 aromatic carbocycles. The Labute approximate surface area is 113 Å². The van der Waals surface area contributed by atoms with E-state index in [1.807, 2.05) is 12.1 Å². The number of aromatic hydroxyl groups is 1. The van der Waals surface area contributed by atoms with Gasteiger partial charge < -0.3 is 14.9 Å². The van der Waals surface area contributed by atoms with Crippen LogP contribution in [0, 0.1) is 11.3 Å². The van der Waals surface area contributed by atoms with Crippen LogP contribution in [0.25, 0.3) is 0 Å². The topological polar surface area (TPSA) is 49.7 Å². The van der Waals surface area contributed by atoms with Crippen molar-refractivity contribution >= 4 is 0 Å². The third-order valence-electron chi connectivity index (χ3n) is 4.59. The molecule has 3 rings (SSSR count). The Bertz CT molecular complexity index is 491. The second-order valence-corrected chi connectivity index (χ2v) is 5.94. The second kappa shape index (κ2) is 4.66. The molecule has 1 aliphatic carbocycles. The van der Waals surface area contributed by atoms with Gasteiger partial charge >= 0.3 is 0 Å². The van der Waals surface area contributed by atoms with E-state index in [9.17, 15) is 10.2 Å². The molecule has 0 unspecified atom stereocenters. The predicted molar refractivity (Wildman–Crippen MR) is 72.8 cm³/mol. The maximum Gasteiger partial charge on any atom is 0.115 e. The van der Waals surface area contributed by atoms with Crippen LogP contribution in [0.1, 0.15) is 31.4 Å². The van der Waals surface area contributed by atoms with Crippen molar-refractivity contribution in [2.45, 2.75) is 25.9 Å². The summed E-state index contributed by atoms with van der Waals surface area (Å²) in [7, 11) is 0. The van der Waals surface area contributed by atoms with Crippen LogP contribution >= 0.6 is 0 Å². The molecule has 0 spiro atoms. The summed E-state index contributed by atoms with van der Waals surface area (Å²) in [6.07, 6.45) is 4.18. The van der Waals surface area contributed by atoms with Crippen molar-refractivity contribution < 1.29 is 14.9 Å². The summed E-state index contributed by atoms with van der Waals surface area (Å²) in [4.78, 5) is 0. The predicted octanol–water partition coefficient (Wildman–Crippen LogP) is 2.80. The Balaban J connectivity index is 1.91. The molecule has 102 valence electrons. The number of benzene rings is 1. The number of aliphatic hydroxyl groups is 1. The van der Waals surface area contributed by atoms with E-state index in [1.54, 1.807) is 12.1 Å². The third-order valence-corrected chi connectivity index (χ3v) is 4.59. The third kappa shape index (κ3) is 2.17. The van der Waals surface area contributed by atoms with Gasteiger partial charge in [-0.15, -0.1) is 0 Å². The number of phenolic OH excluding ortho intramolecular Hbond substituents is 1. The molecule has 19 heavy (non-hydrogen) atoms. The van der Waals surface area contributed by atoms with Crippen LogP contribution in [0.2, 0.25) is 0 Å². The fourth-order valence-corrected chi connectivity index (χ4v) is 3.25. The van der Waals surface area contributed by atoms with Crippen LogP contribution in [0.3, 0.4) is 0 Å². The Kier molecular flexibility index (Phi) is 3.11. The first-order valence-corrected chi connectivity index (χ1v) is 6.82. The van der Waals surface area contributed by atoms with Gasteiger partial charge in [0.25, 0.3) is 0 Å². The van der Waals surface area contributed by atoms with E-state index in [4.69, 9.17) is 4.74 Å². The van der Waals surface area contributed by atoms with Gasteiger partial charge in [-0.2, -0.15) is 0 Å². The lowest BCUT2D eigenvalue weighted by atomic mass is 9.67. The highest BCUT2D eigenvalue weighted by Crippen LogP contribution is 2.50. The molecule has 1 saturated heterocycles. The maximum atomic E-state index is 9.63. The summed E-state index contributed by atoms with van der Waals surface area (Å²) < 4.78 is 6.05. The lowest BCUT2D eigenvalue weighted by molar-refractivity contribution is -0.113. The van der Waals surface area contributed by atoms with Crippen LogP contribution in [0.4, 0.5) is 0 Å². The lowest BCUT2D eigenvalue weighted by Gasteiger charge is -2.47. The largest absolute Gasteiger partial charge is 0.508 e. The molecular formula is C16H20O3. The summed E-state index contributed by atoms with van der Waals surface area (Å²) in [5.41, 5.74) is 2.36. The van der Waals surface area contributed by atoms with Gasteiger partial charge in [-0.3, -0.25) is 0 Å². The first-order valence-electron chi connectivity index (χ1n) is 6.82. The van der Waals surface area contributed by atoms with Gasteiger partial charge in [0.15, 0.2) is 0 Å². The van der Waals surface area contributed by atoms with E-state index in [-0.39, 0.29) is 23.9 Å². The van der Waals surface area contributed by atoms with Crippen molar-refractivity contribution in [3.05, 3.63) is 41.5 Å². The molecule has 3 nitrogen and oxygen atoms in total. The van der Waals surface area contributed by atoms with Crippen molar-refractivity contribution in [2.24, 2.45) is 11.3 Å². The Morgan fingerprint density at radius 3 is 2.74 bits per heavy atom. The van der Waals surface area contributed by atoms with Gasteiger partial charge in [0, 0.05) is 11.3 Å². The minimum atomic E-state index is -0.0857. The molecule has 2 bridgehead atoms. The number of fused-ring (bicyclic) bond motifs is 2. The van der Waals surface area contributed by atoms with Gasteiger partial charge in [-0.1, -0.05) is 23.8 Å². The highest BCUT2D eigenvalue weighted by Gasteiger charge is 2.44. The van der Waals surface area contributed by atoms with Crippen LogP contribution in [0.5, 0.6) is 5.75 Å². The van der Waals surface area contributed by atoms with Crippen molar-refractivity contribution in [1.29, 1.82) is 0 Å². The van der Waals surface area contributed by atoms with Gasteiger partial charge in [0.2, 0.25) is 0 Å². The summed E-state index contributed by atoms with van der Waals surface area (Å²) in [5, 5.41) is 19.0. The average molecular weight is 260 g/mol. The fraction of sp³-hybridized carbons (Fsp3) is 0.500. The molecule has 3 atom stereocenters. The smallest absolute Gasteiger partial charge is 0.115 e. The SMILES string of the molecule is CC1=CC[C@]2(CO)CO[C@H](c3ccc(O)cc3)[C@H]1C2. The monoisotopic (exact) mass is 260 g/mol. The molecule has 1 aromatic rings. The highest BCUT2D eigenvalue weighted by molar-refractivity contribution is 5.30. The van der Waals surface area contributed by atoms with E-state index >= 15 is 0 Å². The quantitative estimate of drug-likeness (QED) is 0.804. The normalized spacial score (nSPS) is 33.9. The number of hydrogen-bond donors (Lipinski definition) is 2. The van der Waals surface area contributed by atoms with Crippen LogP contribution < -0.4 is 0 Å². The molecule has 3 heteroatoms. The van der Waals surface area contributed by atoms with E-state index in [0.717, 1.165) is 18.4 Å². The van der Waals surface area contributed by atoms with Crippen LogP contribution in [-0.2, 0) is 4.74 Å². The Morgan fingerprint density at radius 2 is 2.05 bits per heavy atom. The standard InChI is InChI=1S/C16H20O3/c1-11-6-7-16(9-17)8-14(11)15(19-10-16)12-2-4-13(18)5-3-12/h2-6,14-15,17-18H,7-10H2,1H3/t14-,15+,16-/m0/s1. The van der Waals surface area contributed by atoms with Crippen molar-refractivity contribution in [3.63, 3.8) is 0 Å². The average Bonchev–Trinajstić information content (AvgIpc) is 2.45. The number of allylic oxidation sites excluding steroid dienone is 1. The van der Waals surface area contributed by atoms with Gasteiger partial charge in [-0.05, 0) is 37.5 Å². The number of aliphatic hydroxyl groups excluding tert-OH is 1. The molecule has 1 aliphatic heterocycles. The van der Waals surface area contributed by atoms with Crippen molar-refractivity contribution in [2.75, 3.05) is 13.2 Å². The molecular weight excluding hydrogens is 240 g/mol. The number of rotatable bonds is 2. The maximum absolute atomic E-state index is 9.63. The summed E-state index contributed by atoms with van der Waals surface area (Å²) in [5.74, 6) is 0.611. The summed E-state index contributed by atoms with van der Waals surface area (Å²) in [6, 6.07) is 7.25. The molecule has 2 aliphatic rings. The zero-order chi connectivity index (χ0) is 13.5. The number of hydrogen-bond acceptors (Lipinski definition) is 3. The minimum Gasteiger partial charge on any atom is -0.508 e. The summed E-state index contributed by atoms with van der Waals surface area (Å²) >= 11 is 0. The lowest BCUT2D eigenvalue weighted by Crippen LogP contribution is -2.43. The zero-order valence-corrected chi connectivity index (χ0v) is 11.2. The minimum absolute atomic E-state index is 0.0387. The van der Waals surface area contributed by atoms with E-state index in [1.165, 1.54) is 5.57 Å². The fourth-order valence-electron chi connectivity index (χ4n) is 3.25.